The van der Waals surface area contributed by atoms with Gasteiger partial charge in [-0.2, -0.15) is 0 Å². The molecule has 1 saturated heterocycles. The Morgan fingerprint density at radius 2 is 1.82 bits per heavy atom. The Labute approximate surface area is 71.1 Å². The van der Waals surface area contributed by atoms with E-state index in [0.717, 1.165) is 6.42 Å². The van der Waals surface area contributed by atoms with Gasteiger partial charge in [0.25, 0.3) is 0 Å². The Balaban J connectivity index is 2.72. The Hall–Kier alpha value is 0.354. The van der Waals surface area contributed by atoms with Gasteiger partial charge in [-0.1, -0.05) is 19.1 Å². The maximum Gasteiger partial charge on any atom is 0.175 e. The molecule has 1 rings (SSSR count). The molecule has 2 nitrogen and oxygen atoms in total. The van der Waals surface area contributed by atoms with E-state index in [4.69, 9.17) is 10.2 Å². The van der Waals surface area contributed by atoms with Gasteiger partial charge in [0, 0.05) is 0 Å². The van der Waals surface area contributed by atoms with Gasteiger partial charge in [0.1, 0.15) is 0 Å². The molecular formula is C7H19NOSi2. The van der Waals surface area contributed by atoms with Crippen LogP contribution in [0.25, 0.3) is 0 Å². The van der Waals surface area contributed by atoms with Crippen molar-refractivity contribution < 1.29 is 4.43 Å². The van der Waals surface area contributed by atoms with Gasteiger partial charge in [0.15, 0.2) is 7.83 Å². The summed E-state index contributed by atoms with van der Waals surface area (Å²) in [6, 6.07) is 1.35. The van der Waals surface area contributed by atoms with Crippen molar-refractivity contribution in [3.8, 4) is 0 Å². The fourth-order valence-electron chi connectivity index (χ4n) is 1.40. The molecular weight excluding hydrogens is 170 g/mol. The first kappa shape index (κ1) is 9.44. The van der Waals surface area contributed by atoms with E-state index >= 15 is 0 Å². The lowest BCUT2D eigenvalue weighted by atomic mass is 10.4. The van der Waals surface area contributed by atoms with Crippen LogP contribution in [-0.4, -0.2) is 21.7 Å². The molecule has 4 heteroatoms. The van der Waals surface area contributed by atoms with Crippen LogP contribution in [0.4, 0.5) is 0 Å². The zero-order valence-electron chi connectivity index (χ0n) is 7.98. The first-order chi connectivity index (χ1) is 4.85. The molecule has 0 aromatic carbocycles. The van der Waals surface area contributed by atoms with E-state index in [0.29, 0.717) is 0 Å². The zero-order valence-corrected chi connectivity index (χ0v) is 9.98. The smallest absolute Gasteiger partial charge is 0.175 e. The zero-order chi connectivity index (χ0) is 8.70. The highest BCUT2D eigenvalue weighted by Gasteiger charge is 2.46. The molecule has 0 spiro atoms. The van der Waals surface area contributed by atoms with E-state index in [2.05, 4.69) is 26.2 Å². The molecule has 0 saturated carbocycles. The molecule has 0 bridgehead atoms. The molecule has 0 aromatic rings. The molecule has 1 fully saturated rings. The van der Waals surface area contributed by atoms with Crippen molar-refractivity contribution in [1.82, 2.24) is 0 Å². The van der Waals surface area contributed by atoms with Gasteiger partial charge < -0.3 is 10.2 Å². The van der Waals surface area contributed by atoms with E-state index in [1.807, 2.05) is 0 Å². The number of rotatable bonds is 0. The maximum absolute atomic E-state index is 5.87. The fourth-order valence-corrected chi connectivity index (χ4v) is 7.85. The minimum atomic E-state index is -1.37. The summed E-state index contributed by atoms with van der Waals surface area (Å²) in [5, 5.41) is 0. The summed E-state index contributed by atoms with van der Waals surface area (Å²) in [6.45, 7) is 9.51. The van der Waals surface area contributed by atoms with Gasteiger partial charge in [-0.15, -0.1) is 0 Å². The highest BCUT2D eigenvalue weighted by Crippen LogP contribution is 2.31. The Morgan fingerprint density at radius 1 is 1.27 bits per heavy atom. The molecule has 1 heterocycles. The predicted molar refractivity (Wildman–Crippen MR) is 53.4 cm³/mol. The van der Waals surface area contributed by atoms with Gasteiger partial charge in [0.2, 0.25) is 0 Å². The van der Waals surface area contributed by atoms with E-state index in [9.17, 15) is 0 Å². The molecule has 1 unspecified atom stereocenters. The van der Waals surface area contributed by atoms with Gasteiger partial charge in [-0.05, 0) is 19.5 Å². The summed E-state index contributed by atoms with van der Waals surface area (Å²) in [6.07, 6.45) is 1.12. The summed E-state index contributed by atoms with van der Waals surface area (Å²) < 4.78 is 5.87. The molecule has 66 valence electrons. The Kier molecular flexibility index (Phi) is 2.31. The average Bonchev–Trinajstić information content (AvgIpc) is 1.80. The quantitative estimate of drug-likeness (QED) is 0.589. The predicted octanol–water partition coefficient (Wildman–Crippen LogP) is 1.68. The Bertz CT molecular complexity index is 159. The maximum atomic E-state index is 5.87. The molecule has 2 N–H and O–H groups in total. The van der Waals surface area contributed by atoms with Crippen LogP contribution < -0.4 is 5.73 Å². The van der Waals surface area contributed by atoms with Gasteiger partial charge in [-0.25, -0.2) is 0 Å². The van der Waals surface area contributed by atoms with Crippen molar-refractivity contribution in [3.05, 3.63) is 0 Å². The van der Waals surface area contributed by atoms with Crippen molar-refractivity contribution in [2.24, 2.45) is 5.73 Å². The van der Waals surface area contributed by atoms with Crippen LogP contribution in [-0.2, 0) is 4.43 Å². The molecule has 0 aliphatic carbocycles. The molecule has 11 heavy (non-hydrogen) atoms. The molecule has 1 aliphatic heterocycles. The summed E-state index contributed by atoms with van der Waals surface area (Å²) in [7, 11) is -2.39. The van der Waals surface area contributed by atoms with Crippen LogP contribution in [0.2, 0.25) is 32.2 Å². The van der Waals surface area contributed by atoms with Crippen molar-refractivity contribution in [2.45, 2.75) is 44.9 Å². The van der Waals surface area contributed by atoms with Crippen LogP contribution in [0.5, 0.6) is 0 Å². The van der Waals surface area contributed by atoms with Crippen molar-refractivity contribution in [1.29, 1.82) is 0 Å². The molecule has 1 aliphatic rings. The van der Waals surface area contributed by atoms with Crippen molar-refractivity contribution in [3.63, 3.8) is 0 Å². The van der Waals surface area contributed by atoms with Crippen LogP contribution in [0.15, 0.2) is 0 Å². The number of nitrogens with two attached hydrogens (primary N) is 1. The van der Waals surface area contributed by atoms with Gasteiger partial charge in [0.05, 0.1) is 13.8 Å². The van der Waals surface area contributed by atoms with Crippen molar-refractivity contribution in [2.75, 3.05) is 0 Å². The third-order valence-corrected chi connectivity index (χ3v) is 19.7. The molecule has 0 amide bonds. The fraction of sp³-hybridized carbons (Fsp3) is 1.00. The average molecular weight is 189 g/mol. The summed E-state index contributed by atoms with van der Waals surface area (Å²) in [5.74, 6) is 0. The van der Waals surface area contributed by atoms with Gasteiger partial charge in [-0.3, -0.25) is 0 Å². The van der Waals surface area contributed by atoms with Crippen molar-refractivity contribution >= 4 is 15.4 Å². The largest absolute Gasteiger partial charge is 0.405 e. The normalized spacial score (nSPS) is 35.2. The first-order valence-corrected chi connectivity index (χ1v) is 11.4. The van der Waals surface area contributed by atoms with E-state index in [-0.39, 0.29) is 6.23 Å². The molecule has 0 radical (unpaired) electrons. The second kappa shape index (κ2) is 2.69. The molecule has 1 atom stereocenters. The summed E-state index contributed by atoms with van der Waals surface area (Å²) in [4.78, 5) is 0. The second-order valence-electron chi connectivity index (χ2n) is 4.59. The van der Waals surface area contributed by atoms with Crippen LogP contribution >= 0.6 is 0 Å². The monoisotopic (exact) mass is 189 g/mol. The van der Waals surface area contributed by atoms with E-state index < -0.39 is 15.4 Å². The standard InChI is InChI=1S/C7H19NOSi2/c1-10(2)6-5-7(8)9-11(10,3)4/h7H,5-6,8H2,1-4H3. The van der Waals surface area contributed by atoms with Gasteiger partial charge >= 0.3 is 0 Å². The second-order valence-corrected chi connectivity index (χ2v) is 19.8. The van der Waals surface area contributed by atoms with Crippen LogP contribution in [0.3, 0.4) is 0 Å². The highest BCUT2D eigenvalue weighted by atomic mass is 29.3. The summed E-state index contributed by atoms with van der Waals surface area (Å²) in [5.41, 5.74) is 5.77. The lowest BCUT2D eigenvalue weighted by molar-refractivity contribution is 0.194. The lowest BCUT2D eigenvalue weighted by Gasteiger charge is -2.44. The minimum absolute atomic E-state index is 0.0391. The number of hydrogen-bond acceptors (Lipinski definition) is 2. The summed E-state index contributed by atoms with van der Waals surface area (Å²) >= 11 is 0. The molecule has 0 aromatic heterocycles. The number of hydrogen-bond donors (Lipinski definition) is 1. The lowest BCUT2D eigenvalue weighted by Crippen LogP contribution is -2.63. The topological polar surface area (TPSA) is 35.2 Å². The highest BCUT2D eigenvalue weighted by molar-refractivity contribution is 7.38. The van der Waals surface area contributed by atoms with Crippen LogP contribution in [0.1, 0.15) is 6.42 Å². The Morgan fingerprint density at radius 3 is 2.18 bits per heavy atom. The third-order valence-electron chi connectivity index (χ3n) is 3.13. The first-order valence-electron chi connectivity index (χ1n) is 4.28. The van der Waals surface area contributed by atoms with Crippen LogP contribution in [0, 0.1) is 0 Å². The third kappa shape index (κ3) is 1.74. The minimum Gasteiger partial charge on any atom is -0.405 e. The SMILES string of the molecule is C[Si]1(C)CCC(N)O[Si]1(C)C. The van der Waals surface area contributed by atoms with E-state index in [1.54, 1.807) is 0 Å². The van der Waals surface area contributed by atoms with E-state index in [1.165, 1.54) is 6.04 Å².